The van der Waals surface area contributed by atoms with Gasteiger partial charge >= 0.3 is 139 Å². The van der Waals surface area contributed by atoms with E-state index in [0.29, 0.717) is 15.6 Å². The van der Waals surface area contributed by atoms with Gasteiger partial charge in [0.25, 0.3) is 0 Å². The van der Waals surface area contributed by atoms with Crippen LogP contribution in [0.4, 0.5) is 13.2 Å². The standard InChI is InChI=1S/C12H6AsCl2F3N2O2/c14-7-2-1-5(3-8(7)15)13-11-19-4-6(10(21)22)9(20-11)12(16,17)18/h1-4,13H,(H,21,22). The van der Waals surface area contributed by atoms with E-state index in [1.807, 2.05) is 0 Å². The first-order valence-corrected chi connectivity index (χ1v) is 8.43. The quantitative estimate of drug-likeness (QED) is 0.782. The van der Waals surface area contributed by atoms with Crippen molar-refractivity contribution in [1.29, 1.82) is 0 Å². The maximum atomic E-state index is 12.9. The molecular weight excluding hydrogens is 407 g/mol. The summed E-state index contributed by atoms with van der Waals surface area (Å²) in [5.41, 5.74) is -2.43. The second-order valence-corrected chi connectivity index (χ2v) is 7.50. The van der Waals surface area contributed by atoms with Crippen LogP contribution in [0.1, 0.15) is 16.1 Å². The molecule has 0 amide bonds. The summed E-state index contributed by atoms with van der Waals surface area (Å²) >= 11 is 10.3. The van der Waals surface area contributed by atoms with Gasteiger partial charge in [-0.3, -0.25) is 0 Å². The second kappa shape index (κ2) is 6.44. The number of benzene rings is 1. The molecule has 1 heterocycles. The Labute approximate surface area is 139 Å². The Kier molecular flexibility index (Phi) is 4.99. The molecule has 0 aliphatic carbocycles. The molecular formula is C12H6AsCl2F3N2O2. The summed E-state index contributed by atoms with van der Waals surface area (Å²) < 4.78 is 39.2. The molecule has 2 aromatic rings. The molecule has 22 heavy (non-hydrogen) atoms. The van der Waals surface area contributed by atoms with Crippen molar-refractivity contribution in [3.05, 3.63) is 45.7 Å². The number of nitrogens with zero attached hydrogens (tertiary/aromatic N) is 2. The maximum absolute atomic E-state index is 12.9. The van der Waals surface area contributed by atoms with E-state index in [1.54, 1.807) is 6.07 Å². The van der Waals surface area contributed by atoms with E-state index in [1.165, 1.54) is 12.1 Å². The zero-order valence-electron chi connectivity index (χ0n) is 10.4. The van der Waals surface area contributed by atoms with E-state index in [9.17, 15) is 18.0 Å². The molecule has 0 spiro atoms. The normalized spacial score (nSPS) is 12.0. The van der Waals surface area contributed by atoms with Gasteiger partial charge in [-0.1, -0.05) is 0 Å². The Hall–Kier alpha value is -1.30. The molecule has 10 heteroatoms. The van der Waals surface area contributed by atoms with Gasteiger partial charge in [-0.15, -0.1) is 0 Å². The number of carboxylic acid groups (broad SMARTS) is 1. The summed E-state index contributed by atoms with van der Waals surface area (Å²) in [6.45, 7) is 0. The van der Waals surface area contributed by atoms with Crippen LogP contribution in [-0.4, -0.2) is 36.8 Å². The van der Waals surface area contributed by atoms with Crippen LogP contribution in [0.5, 0.6) is 0 Å². The van der Waals surface area contributed by atoms with Crippen LogP contribution in [0.15, 0.2) is 24.4 Å². The van der Waals surface area contributed by atoms with Crippen LogP contribution in [0.3, 0.4) is 0 Å². The molecule has 1 atom stereocenters. The van der Waals surface area contributed by atoms with Crippen molar-refractivity contribution in [3.63, 3.8) is 0 Å². The average molecular weight is 413 g/mol. The van der Waals surface area contributed by atoms with E-state index in [0.717, 1.165) is 0 Å². The fourth-order valence-corrected chi connectivity index (χ4v) is 3.98. The van der Waals surface area contributed by atoms with Crippen LogP contribution >= 0.6 is 23.2 Å². The summed E-state index contributed by atoms with van der Waals surface area (Å²) in [5, 5.41) is 9.38. The first-order valence-electron chi connectivity index (χ1n) is 5.58. The minimum absolute atomic E-state index is 0.0456. The summed E-state index contributed by atoms with van der Waals surface area (Å²) in [6, 6.07) is 4.68. The zero-order valence-corrected chi connectivity index (χ0v) is 14.1. The Balaban J connectivity index is 2.40. The van der Waals surface area contributed by atoms with E-state index >= 15 is 0 Å². The Morgan fingerprint density at radius 2 is 1.91 bits per heavy atom. The van der Waals surface area contributed by atoms with Crippen molar-refractivity contribution in [2.24, 2.45) is 0 Å². The number of alkyl halides is 3. The van der Waals surface area contributed by atoms with E-state index in [4.69, 9.17) is 28.3 Å². The van der Waals surface area contributed by atoms with Crippen LogP contribution < -0.4 is 8.96 Å². The molecule has 2 rings (SSSR count). The molecule has 0 fully saturated rings. The van der Waals surface area contributed by atoms with Gasteiger partial charge in [0.2, 0.25) is 0 Å². The number of aromatic carboxylic acids is 1. The third-order valence-corrected chi connectivity index (χ3v) is 5.44. The monoisotopic (exact) mass is 412 g/mol. The van der Waals surface area contributed by atoms with Crippen molar-refractivity contribution < 1.29 is 23.1 Å². The Morgan fingerprint density at radius 3 is 2.45 bits per heavy atom. The predicted molar refractivity (Wildman–Crippen MR) is 76.9 cm³/mol. The molecule has 0 saturated heterocycles. The zero-order chi connectivity index (χ0) is 16.5. The Morgan fingerprint density at radius 1 is 1.23 bits per heavy atom. The molecule has 4 nitrogen and oxygen atoms in total. The molecule has 0 radical (unpaired) electrons. The van der Waals surface area contributed by atoms with Crippen LogP contribution in [0, 0.1) is 0 Å². The van der Waals surface area contributed by atoms with Crippen LogP contribution in [-0.2, 0) is 6.18 Å². The minimum atomic E-state index is -4.87. The molecule has 116 valence electrons. The van der Waals surface area contributed by atoms with Crippen molar-refractivity contribution >= 4 is 53.9 Å². The second-order valence-electron chi connectivity index (χ2n) is 4.01. The molecule has 0 bridgehead atoms. The first kappa shape index (κ1) is 17.1. The van der Waals surface area contributed by atoms with Gasteiger partial charge in [0.15, 0.2) is 0 Å². The van der Waals surface area contributed by atoms with Crippen molar-refractivity contribution in [1.82, 2.24) is 9.97 Å². The topological polar surface area (TPSA) is 63.1 Å². The summed E-state index contributed by atoms with van der Waals surface area (Å²) in [7, 11) is 0. The van der Waals surface area contributed by atoms with Gasteiger partial charge in [-0.05, 0) is 0 Å². The number of halogens is 5. The van der Waals surface area contributed by atoms with Crippen molar-refractivity contribution in [2.45, 2.75) is 6.18 Å². The molecule has 1 aromatic heterocycles. The fraction of sp³-hybridized carbons (Fsp3) is 0.0833. The third-order valence-electron chi connectivity index (χ3n) is 2.46. The summed E-state index contributed by atoms with van der Waals surface area (Å²) in [6.07, 6.45) is -4.19. The number of carbonyl (C=O) groups is 1. The first-order chi connectivity index (χ1) is 10.2. The van der Waals surface area contributed by atoms with Gasteiger partial charge in [0, 0.05) is 0 Å². The molecule has 0 aliphatic rings. The predicted octanol–water partition coefficient (Wildman–Crippen LogP) is 1.89. The van der Waals surface area contributed by atoms with Gasteiger partial charge in [0.05, 0.1) is 0 Å². The number of aromatic nitrogens is 2. The number of hydrogen-bond acceptors (Lipinski definition) is 3. The van der Waals surface area contributed by atoms with E-state index in [-0.39, 0.29) is 9.63 Å². The fourth-order valence-electron chi connectivity index (χ4n) is 1.52. The molecule has 1 aromatic carbocycles. The average Bonchev–Trinajstić information content (AvgIpc) is 2.41. The van der Waals surface area contributed by atoms with Crippen molar-refractivity contribution in [3.8, 4) is 0 Å². The molecule has 1 N–H and O–H groups in total. The molecule has 0 aliphatic heterocycles. The summed E-state index contributed by atoms with van der Waals surface area (Å²) in [4.78, 5) is 17.9. The number of carboxylic acids is 1. The number of hydrogen-bond donors (Lipinski definition) is 1. The molecule has 0 saturated carbocycles. The van der Waals surface area contributed by atoms with Gasteiger partial charge < -0.3 is 0 Å². The summed E-state index contributed by atoms with van der Waals surface area (Å²) in [5.74, 6) is -1.73. The number of rotatable bonds is 3. The van der Waals surface area contributed by atoms with Gasteiger partial charge in [-0.2, -0.15) is 0 Å². The van der Waals surface area contributed by atoms with Crippen LogP contribution in [0.25, 0.3) is 0 Å². The molecule has 1 unspecified atom stereocenters. The Bertz CT molecular complexity index is 741. The van der Waals surface area contributed by atoms with Gasteiger partial charge in [0.1, 0.15) is 0 Å². The van der Waals surface area contributed by atoms with Crippen molar-refractivity contribution in [2.75, 3.05) is 0 Å². The van der Waals surface area contributed by atoms with E-state index < -0.39 is 39.2 Å². The van der Waals surface area contributed by atoms with Gasteiger partial charge in [-0.25, -0.2) is 0 Å². The van der Waals surface area contributed by atoms with E-state index in [2.05, 4.69) is 9.97 Å². The van der Waals surface area contributed by atoms with Crippen LogP contribution in [0.2, 0.25) is 10.0 Å². The SMILES string of the molecule is O=C(O)c1cnc([AsH]c2ccc(Cl)c(Cl)c2)nc1C(F)(F)F. The third kappa shape index (κ3) is 3.91.